The SMILES string of the molecule is N#Cc1ccccc1OCC(=O)N1CCC[C@H]1Cn1cc(C2CC2)nn1. The van der Waals surface area contributed by atoms with Gasteiger partial charge in [0.15, 0.2) is 6.61 Å². The van der Waals surface area contributed by atoms with Crippen molar-refractivity contribution in [2.75, 3.05) is 13.2 Å². The summed E-state index contributed by atoms with van der Waals surface area (Å²) in [4.78, 5) is 14.5. The summed E-state index contributed by atoms with van der Waals surface area (Å²) in [7, 11) is 0. The lowest BCUT2D eigenvalue weighted by atomic mass is 10.2. The molecular weight excluding hydrogens is 330 g/mol. The van der Waals surface area contributed by atoms with Crippen LogP contribution in [0.3, 0.4) is 0 Å². The van der Waals surface area contributed by atoms with Crippen molar-refractivity contribution >= 4 is 5.91 Å². The minimum absolute atomic E-state index is 0.0530. The van der Waals surface area contributed by atoms with Gasteiger partial charge in [-0.3, -0.25) is 9.48 Å². The van der Waals surface area contributed by atoms with Crippen molar-refractivity contribution in [2.45, 2.75) is 44.2 Å². The molecule has 2 aliphatic rings. The Morgan fingerprint density at radius 2 is 2.15 bits per heavy atom. The summed E-state index contributed by atoms with van der Waals surface area (Å²) < 4.78 is 7.45. The molecule has 0 N–H and O–H groups in total. The lowest BCUT2D eigenvalue weighted by Gasteiger charge is -2.24. The highest BCUT2D eigenvalue weighted by molar-refractivity contribution is 5.78. The second-order valence-electron chi connectivity index (χ2n) is 6.92. The molecule has 26 heavy (non-hydrogen) atoms. The van der Waals surface area contributed by atoms with Gasteiger partial charge in [-0.1, -0.05) is 17.3 Å². The number of carbonyl (C=O) groups is 1. The number of rotatable bonds is 6. The number of hydrogen-bond donors (Lipinski definition) is 0. The summed E-state index contributed by atoms with van der Waals surface area (Å²) in [5.74, 6) is 0.978. The first-order valence-corrected chi connectivity index (χ1v) is 9.06. The van der Waals surface area contributed by atoms with E-state index in [1.54, 1.807) is 24.3 Å². The number of likely N-dealkylation sites (tertiary alicyclic amines) is 1. The van der Waals surface area contributed by atoms with Gasteiger partial charge in [0, 0.05) is 18.7 Å². The van der Waals surface area contributed by atoms with Crippen molar-refractivity contribution in [3.63, 3.8) is 0 Å². The Hall–Kier alpha value is -2.88. The Kier molecular flexibility index (Phi) is 4.57. The zero-order valence-electron chi connectivity index (χ0n) is 14.5. The monoisotopic (exact) mass is 351 g/mol. The minimum atomic E-state index is -0.0557. The number of nitrogens with zero attached hydrogens (tertiary/aromatic N) is 5. The molecule has 2 fully saturated rings. The molecule has 1 amide bonds. The first-order chi connectivity index (χ1) is 12.7. The number of aromatic nitrogens is 3. The fourth-order valence-electron chi connectivity index (χ4n) is 3.45. The van der Waals surface area contributed by atoms with E-state index in [4.69, 9.17) is 10.00 Å². The summed E-state index contributed by atoms with van der Waals surface area (Å²) in [6.07, 6.45) is 6.36. The van der Waals surface area contributed by atoms with Crippen LogP contribution in [-0.2, 0) is 11.3 Å². The van der Waals surface area contributed by atoms with E-state index in [9.17, 15) is 4.79 Å². The van der Waals surface area contributed by atoms with E-state index in [1.165, 1.54) is 12.8 Å². The normalized spacial score (nSPS) is 19.3. The van der Waals surface area contributed by atoms with Crippen LogP contribution in [0.15, 0.2) is 30.5 Å². The second kappa shape index (κ2) is 7.16. The fourth-order valence-corrected chi connectivity index (χ4v) is 3.45. The molecule has 1 aromatic heterocycles. The molecule has 1 aliphatic carbocycles. The zero-order valence-corrected chi connectivity index (χ0v) is 14.5. The Labute approximate surface area is 152 Å². The Morgan fingerprint density at radius 3 is 2.96 bits per heavy atom. The highest BCUT2D eigenvalue weighted by Gasteiger charge is 2.31. The summed E-state index contributed by atoms with van der Waals surface area (Å²) in [6, 6.07) is 9.16. The molecule has 1 aliphatic heterocycles. The quantitative estimate of drug-likeness (QED) is 0.796. The van der Waals surface area contributed by atoms with Crippen LogP contribution in [0.25, 0.3) is 0 Å². The van der Waals surface area contributed by atoms with Gasteiger partial charge in [0.2, 0.25) is 0 Å². The van der Waals surface area contributed by atoms with E-state index >= 15 is 0 Å². The molecule has 0 bridgehead atoms. The summed E-state index contributed by atoms with van der Waals surface area (Å²) >= 11 is 0. The van der Waals surface area contributed by atoms with Crippen molar-refractivity contribution in [1.82, 2.24) is 19.9 Å². The van der Waals surface area contributed by atoms with E-state index in [0.29, 0.717) is 23.8 Å². The molecule has 0 spiro atoms. The Morgan fingerprint density at radius 1 is 1.31 bits per heavy atom. The molecule has 134 valence electrons. The second-order valence-corrected chi connectivity index (χ2v) is 6.92. The van der Waals surface area contributed by atoms with E-state index in [1.807, 2.05) is 15.8 Å². The third-order valence-corrected chi connectivity index (χ3v) is 5.01. The largest absolute Gasteiger partial charge is 0.482 e. The van der Waals surface area contributed by atoms with Gasteiger partial charge in [-0.15, -0.1) is 5.10 Å². The van der Waals surface area contributed by atoms with Crippen LogP contribution >= 0.6 is 0 Å². The summed E-state index contributed by atoms with van der Waals surface area (Å²) in [6.45, 7) is 1.34. The number of nitriles is 1. The van der Waals surface area contributed by atoms with Crippen LogP contribution in [0.4, 0.5) is 0 Å². The molecule has 1 saturated carbocycles. The molecule has 1 aromatic carbocycles. The smallest absolute Gasteiger partial charge is 0.260 e. The fraction of sp³-hybridized carbons (Fsp3) is 0.474. The number of benzene rings is 1. The lowest BCUT2D eigenvalue weighted by molar-refractivity contribution is -0.134. The Balaban J connectivity index is 1.36. The van der Waals surface area contributed by atoms with Crippen LogP contribution in [0.5, 0.6) is 5.75 Å². The summed E-state index contributed by atoms with van der Waals surface area (Å²) in [5, 5.41) is 17.6. The molecule has 0 unspecified atom stereocenters. The topological polar surface area (TPSA) is 84.0 Å². The highest BCUT2D eigenvalue weighted by Crippen LogP contribution is 2.38. The van der Waals surface area contributed by atoms with E-state index in [2.05, 4.69) is 16.4 Å². The zero-order chi connectivity index (χ0) is 17.9. The third-order valence-electron chi connectivity index (χ3n) is 5.01. The molecule has 7 nitrogen and oxygen atoms in total. The lowest BCUT2D eigenvalue weighted by Crippen LogP contribution is -2.40. The van der Waals surface area contributed by atoms with Crippen LogP contribution in [-0.4, -0.2) is 45.0 Å². The van der Waals surface area contributed by atoms with E-state index in [-0.39, 0.29) is 18.6 Å². The maximum absolute atomic E-state index is 12.6. The van der Waals surface area contributed by atoms with Gasteiger partial charge in [0.1, 0.15) is 11.8 Å². The number of ether oxygens (including phenoxy) is 1. The molecule has 7 heteroatoms. The van der Waals surface area contributed by atoms with Crippen molar-refractivity contribution in [3.8, 4) is 11.8 Å². The van der Waals surface area contributed by atoms with Crippen LogP contribution in [0, 0.1) is 11.3 Å². The predicted octanol–water partition coefficient (Wildman–Crippen LogP) is 2.10. The number of hydrogen-bond acceptors (Lipinski definition) is 5. The molecule has 2 heterocycles. The number of amides is 1. The maximum atomic E-state index is 12.6. The first-order valence-electron chi connectivity index (χ1n) is 9.06. The van der Waals surface area contributed by atoms with Gasteiger partial charge in [-0.25, -0.2) is 0 Å². The van der Waals surface area contributed by atoms with Gasteiger partial charge in [-0.2, -0.15) is 5.26 Å². The van der Waals surface area contributed by atoms with Crippen molar-refractivity contribution < 1.29 is 9.53 Å². The van der Waals surface area contributed by atoms with Gasteiger partial charge >= 0.3 is 0 Å². The van der Waals surface area contributed by atoms with Gasteiger partial charge in [0.05, 0.1) is 23.8 Å². The maximum Gasteiger partial charge on any atom is 0.260 e. The van der Waals surface area contributed by atoms with Gasteiger partial charge in [0.25, 0.3) is 5.91 Å². The Bertz CT molecular complexity index is 836. The van der Waals surface area contributed by atoms with Crippen molar-refractivity contribution in [1.29, 1.82) is 5.26 Å². The van der Waals surface area contributed by atoms with Crippen LogP contribution in [0.2, 0.25) is 0 Å². The van der Waals surface area contributed by atoms with Crippen LogP contribution in [0.1, 0.15) is 42.9 Å². The average molecular weight is 351 g/mol. The number of carbonyl (C=O) groups excluding carboxylic acids is 1. The van der Waals surface area contributed by atoms with Crippen molar-refractivity contribution in [3.05, 3.63) is 41.7 Å². The number of para-hydroxylation sites is 1. The standard InChI is InChI=1S/C19H21N5O2/c20-10-15-4-1-2-6-18(15)26-13-19(25)24-9-3-5-16(24)11-23-12-17(21-22-23)14-7-8-14/h1-2,4,6,12,14,16H,3,5,7-9,11,13H2/t16-/m0/s1. The molecule has 0 radical (unpaired) electrons. The molecular formula is C19H21N5O2. The van der Waals surface area contributed by atoms with E-state index < -0.39 is 0 Å². The molecule has 1 saturated heterocycles. The third kappa shape index (κ3) is 3.54. The molecule has 4 rings (SSSR count). The van der Waals surface area contributed by atoms with E-state index in [0.717, 1.165) is 25.1 Å². The predicted molar refractivity (Wildman–Crippen MR) is 93.4 cm³/mol. The van der Waals surface area contributed by atoms with Crippen molar-refractivity contribution in [2.24, 2.45) is 0 Å². The average Bonchev–Trinajstić information content (AvgIpc) is 3.24. The van der Waals surface area contributed by atoms with Gasteiger partial charge < -0.3 is 9.64 Å². The summed E-state index contributed by atoms with van der Waals surface area (Å²) in [5.41, 5.74) is 1.51. The van der Waals surface area contributed by atoms with Gasteiger partial charge in [-0.05, 0) is 37.8 Å². The molecule has 2 aromatic rings. The first kappa shape index (κ1) is 16.6. The van der Waals surface area contributed by atoms with Crippen LogP contribution < -0.4 is 4.74 Å². The highest BCUT2D eigenvalue weighted by atomic mass is 16.5. The molecule has 1 atom stereocenters. The minimum Gasteiger partial charge on any atom is -0.482 e.